The fraction of sp³-hybridized carbons (Fsp3) is 0.438. The fourth-order valence-electron chi connectivity index (χ4n) is 2.73. The van der Waals surface area contributed by atoms with Crippen LogP contribution in [0.4, 0.5) is 0 Å². The zero-order valence-corrected chi connectivity index (χ0v) is 12.5. The Morgan fingerprint density at radius 3 is 2.21 bits per heavy atom. The third kappa shape index (κ3) is 2.30. The minimum absolute atomic E-state index is 0.648. The average molecular weight is 257 g/mol. The maximum atomic E-state index is 5.73. The van der Waals surface area contributed by atoms with Crippen LogP contribution in [0.25, 0.3) is 11.1 Å². The first-order valence-electron chi connectivity index (χ1n) is 6.76. The van der Waals surface area contributed by atoms with Crippen molar-refractivity contribution in [2.24, 2.45) is 12.8 Å². The molecule has 0 aliphatic heterocycles. The van der Waals surface area contributed by atoms with Gasteiger partial charge in [0.15, 0.2) is 0 Å². The molecule has 0 atom stereocenters. The van der Waals surface area contributed by atoms with Crippen LogP contribution < -0.4 is 5.73 Å². The van der Waals surface area contributed by atoms with Crippen molar-refractivity contribution >= 4 is 0 Å². The molecule has 3 nitrogen and oxygen atoms in total. The van der Waals surface area contributed by atoms with Gasteiger partial charge in [-0.15, -0.1) is 0 Å². The Hall–Kier alpha value is -1.61. The van der Waals surface area contributed by atoms with Gasteiger partial charge in [0.05, 0.1) is 6.20 Å². The van der Waals surface area contributed by atoms with Gasteiger partial charge in [0, 0.05) is 24.7 Å². The monoisotopic (exact) mass is 257 g/mol. The van der Waals surface area contributed by atoms with Crippen molar-refractivity contribution in [1.82, 2.24) is 9.78 Å². The van der Waals surface area contributed by atoms with E-state index in [1.807, 2.05) is 17.9 Å². The highest BCUT2D eigenvalue weighted by Gasteiger charge is 2.16. The Labute approximate surface area is 115 Å². The largest absolute Gasteiger partial charge is 0.330 e. The molecule has 19 heavy (non-hydrogen) atoms. The lowest BCUT2D eigenvalue weighted by Crippen LogP contribution is -2.09. The van der Waals surface area contributed by atoms with Crippen molar-refractivity contribution < 1.29 is 0 Å². The van der Waals surface area contributed by atoms with Crippen molar-refractivity contribution in [1.29, 1.82) is 0 Å². The molecule has 0 unspecified atom stereocenters. The third-order valence-corrected chi connectivity index (χ3v) is 4.08. The van der Waals surface area contributed by atoms with Crippen LogP contribution in [0.15, 0.2) is 12.3 Å². The van der Waals surface area contributed by atoms with Crippen LogP contribution in [-0.2, 0) is 13.5 Å². The molecule has 0 fully saturated rings. The standard InChI is InChI=1S/C16H23N3/c1-10-8-11(2)13(4)16(12(10)3)14-9-18-19(5)15(14)6-7-17/h8-9H,6-7,17H2,1-5H3. The van der Waals surface area contributed by atoms with Crippen LogP contribution in [0.3, 0.4) is 0 Å². The van der Waals surface area contributed by atoms with E-state index in [1.54, 1.807) is 0 Å². The average Bonchev–Trinajstić information content (AvgIpc) is 2.71. The van der Waals surface area contributed by atoms with E-state index < -0.39 is 0 Å². The maximum Gasteiger partial charge on any atom is 0.0571 e. The van der Waals surface area contributed by atoms with E-state index in [0.717, 1.165) is 6.42 Å². The Morgan fingerprint density at radius 1 is 1.11 bits per heavy atom. The minimum Gasteiger partial charge on any atom is -0.330 e. The molecule has 2 N–H and O–H groups in total. The van der Waals surface area contributed by atoms with Gasteiger partial charge < -0.3 is 5.73 Å². The molecule has 3 heteroatoms. The molecule has 0 aliphatic carbocycles. The summed E-state index contributed by atoms with van der Waals surface area (Å²) < 4.78 is 1.94. The SMILES string of the molecule is Cc1cc(C)c(C)c(-c2cnn(C)c2CCN)c1C. The van der Waals surface area contributed by atoms with Crippen molar-refractivity contribution in [2.75, 3.05) is 6.54 Å². The first-order chi connectivity index (χ1) is 8.97. The highest BCUT2D eigenvalue weighted by Crippen LogP contribution is 2.33. The van der Waals surface area contributed by atoms with Gasteiger partial charge >= 0.3 is 0 Å². The summed E-state index contributed by atoms with van der Waals surface area (Å²) in [5.74, 6) is 0. The van der Waals surface area contributed by atoms with Gasteiger partial charge in [-0.2, -0.15) is 5.10 Å². The highest BCUT2D eigenvalue weighted by molar-refractivity contribution is 5.74. The number of rotatable bonds is 3. The van der Waals surface area contributed by atoms with Crippen LogP contribution >= 0.6 is 0 Å². The van der Waals surface area contributed by atoms with Crippen LogP contribution in [0.1, 0.15) is 27.9 Å². The fourth-order valence-corrected chi connectivity index (χ4v) is 2.73. The molecule has 0 radical (unpaired) electrons. The summed E-state index contributed by atoms with van der Waals surface area (Å²) in [4.78, 5) is 0. The first kappa shape index (κ1) is 13.8. The Bertz CT molecular complexity index is 583. The Morgan fingerprint density at radius 2 is 1.68 bits per heavy atom. The van der Waals surface area contributed by atoms with Gasteiger partial charge in [-0.1, -0.05) is 6.07 Å². The van der Waals surface area contributed by atoms with Crippen LogP contribution in [0, 0.1) is 27.7 Å². The van der Waals surface area contributed by atoms with Gasteiger partial charge in [0.25, 0.3) is 0 Å². The molecule has 0 saturated carbocycles. The topological polar surface area (TPSA) is 43.8 Å². The van der Waals surface area contributed by atoms with E-state index in [9.17, 15) is 0 Å². The second-order valence-corrected chi connectivity index (χ2v) is 5.30. The van der Waals surface area contributed by atoms with Gasteiger partial charge in [-0.05, 0) is 62.1 Å². The Kier molecular flexibility index (Phi) is 3.76. The number of aromatic nitrogens is 2. The van der Waals surface area contributed by atoms with E-state index in [-0.39, 0.29) is 0 Å². The minimum atomic E-state index is 0.648. The van der Waals surface area contributed by atoms with E-state index >= 15 is 0 Å². The summed E-state index contributed by atoms with van der Waals surface area (Å²) in [7, 11) is 1.99. The van der Waals surface area contributed by atoms with Gasteiger partial charge in [0.2, 0.25) is 0 Å². The van der Waals surface area contributed by atoms with E-state index in [4.69, 9.17) is 5.73 Å². The molecule has 2 rings (SSSR count). The smallest absolute Gasteiger partial charge is 0.0571 e. The summed E-state index contributed by atoms with van der Waals surface area (Å²) in [5.41, 5.74) is 14.9. The van der Waals surface area contributed by atoms with Crippen molar-refractivity contribution in [2.45, 2.75) is 34.1 Å². The summed E-state index contributed by atoms with van der Waals surface area (Å²) in [6, 6.07) is 2.26. The molecule has 102 valence electrons. The van der Waals surface area contributed by atoms with E-state index in [1.165, 1.54) is 39.1 Å². The molecule has 1 aromatic carbocycles. The third-order valence-electron chi connectivity index (χ3n) is 4.08. The molecule has 0 spiro atoms. The second-order valence-electron chi connectivity index (χ2n) is 5.30. The predicted molar refractivity (Wildman–Crippen MR) is 80.4 cm³/mol. The molecule has 0 amide bonds. The quantitative estimate of drug-likeness (QED) is 0.919. The van der Waals surface area contributed by atoms with Gasteiger partial charge in [-0.25, -0.2) is 0 Å². The number of nitrogens with two attached hydrogens (primary N) is 1. The molecule has 0 saturated heterocycles. The molecule has 2 aromatic rings. The zero-order valence-electron chi connectivity index (χ0n) is 12.5. The van der Waals surface area contributed by atoms with Crippen LogP contribution in [0.2, 0.25) is 0 Å². The van der Waals surface area contributed by atoms with Crippen LogP contribution in [-0.4, -0.2) is 16.3 Å². The van der Waals surface area contributed by atoms with E-state index in [2.05, 4.69) is 38.9 Å². The maximum absolute atomic E-state index is 5.73. The lowest BCUT2D eigenvalue weighted by atomic mass is 9.89. The Balaban J connectivity index is 2.72. The molecular weight excluding hydrogens is 234 g/mol. The lowest BCUT2D eigenvalue weighted by molar-refractivity contribution is 0.707. The summed E-state index contributed by atoms with van der Waals surface area (Å²) >= 11 is 0. The molecule has 0 bridgehead atoms. The van der Waals surface area contributed by atoms with Crippen molar-refractivity contribution in [3.8, 4) is 11.1 Å². The van der Waals surface area contributed by atoms with Gasteiger partial charge in [0.1, 0.15) is 0 Å². The number of nitrogens with zero attached hydrogens (tertiary/aromatic N) is 2. The number of hydrogen-bond donors (Lipinski definition) is 1. The van der Waals surface area contributed by atoms with Crippen molar-refractivity contribution in [3.63, 3.8) is 0 Å². The van der Waals surface area contributed by atoms with Gasteiger partial charge in [-0.3, -0.25) is 4.68 Å². The molecule has 0 aliphatic rings. The number of benzene rings is 1. The molecular formula is C16H23N3. The lowest BCUT2D eigenvalue weighted by Gasteiger charge is -2.16. The summed E-state index contributed by atoms with van der Waals surface area (Å²) in [6.45, 7) is 9.37. The predicted octanol–water partition coefficient (Wildman–Crippen LogP) is 2.82. The van der Waals surface area contributed by atoms with E-state index in [0.29, 0.717) is 6.54 Å². The molecule has 1 heterocycles. The molecule has 1 aromatic heterocycles. The van der Waals surface area contributed by atoms with Crippen molar-refractivity contribution in [3.05, 3.63) is 40.2 Å². The summed E-state index contributed by atoms with van der Waals surface area (Å²) in [5, 5.41) is 4.41. The number of aryl methyl sites for hydroxylation is 3. The second kappa shape index (κ2) is 5.17. The summed E-state index contributed by atoms with van der Waals surface area (Å²) in [6.07, 6.45) is 2.83. The number of hydrogen-bond acceptors (Lipinski definition) is 2. The first-order valence-corrected chi connectivity index (χ1v) is 6.76. The highest BCUT2D eigenvalue weighted by atomic mass is 15.3. The zero-order chi connectivity index (χ0) is 14.2. The normalized spacial score (nSPS) is 11.1. The van der Waals surface area contributed by atoms with Crippen LogP contribution in [0.5, 0.6) is 0 Å².